The zero-order valence-electron chi connectivity index (χ0n) is 12.9. The highest BCUT2D eigenvalue weighted by Crippen LogP contribution is 2.19. The van der Waals surface area contributed by atoms with Crippen LogP contribution in [0.1, 0.15) is 5.89 Å². The Morgan fingerprint density at radius 1 is 1.24 bits per heavy atom. The normalized spacial score (nSPS) is 10.6. The summed E-state index contributed by atoms with van der Waals surface area (Å²) in [5, 5.41) is 7.13. The van der Waals surface area contributed by atoms with Crippen molar-refractivity contribution in [2.45, 2.75) is 5.75 Å². The molecular weight excluding hydrogens is 365 g/mol. The summed E-state index contributed by atoms with van der Waals surface area (Å²) < 4.78 is 18.3. The van der Waals surface area contributed by atoms with E-state index in [1.807, 2.05) is 0 Å². The Bertz CT molecular complexity index is 888. The average Bonchev–Trinajstić information content (AvgIpc) is 3.04. The second-order valence-corrected chi connectivity index (χ2v) is 6.50. The van der Waals surface area contributed by atoms with E-state index in [0.717, 1.165) is 0 Å². The number of hydrogen-bond acceptors (Lipinski definition) is 5. The number of rotatable bonds is 6. The Kier molecular flexibility index (Phi) is 5.67. The van der Waals surface area contributed by atoms with Crippen molar-refractivity contribution < 1.29 is 13.7 Å². The van der Waals surface area contributed by atoms with E-state index in [1.165, 1.54) is 23.9 Å². The fourth-order valence-electron chi connectivity index (χ4n) is 2.05. The number of nitrogens with one attached hydrogen (secondary N) is 1. The first-order chi connectivity index (χ1) is 12.1. The number of aromatic nitrogens is 2. The molecule has 128 valence electrons. The van der Waals surface area contributed by atoms with Gasteiger partial charge in [0, 0.05) is 16.3 Å². The van der Waals surface area contributed by atoms with Gasteiger partial charge in [-0.3, -0.25) is 4.79 Å². The minimum atomic E-state index is -0.365. The molecule has 0 aliphatic rings. The molecule has 0 saturated heterocycles. The van der Waals surface area contributed by atoms with Gasteiger partial charge in [0.05, 0.1) is 11.5 Å². The van der Waals surface area contributed by atoms with Crippen LogP contribution in [0.25, 0.3) is 11.4 Å². The highest BCUT2D eigenvalue weighted by molar-refractivity contribution is 7.99. The van der Waals surface area contributed by atoms with Gasteiger partial charge in [0.2, 0.25) is 17.6 Å². The summed E-state index contributed by atoms with van der Waals surface area (Å²) in [5.41, 5.74) is 1.18. The highest BCUT2D eigenvalue weighted by Gasteiger charge is 2.10. The Balaban J connectivity index is 1.50. The first kappa shape index (κ1) is 17.4. The molecule has 0 fully saturated rings. The van der Waals surface area contributed by atoms with Crippen molar-refractivity contribution in [1.82, 2.24) is 10.1 Å². The lowest BCUT2D eigenvalue weighted by Crippen LogP contribution is -2.14. The van der Waals surface area contributed by atoms with Crippen LogP contribution in [0.3, 0.4) is 0 Å². The van der Waals surface area contributed by atoms with E-state index in [4.69, 9.17) is 16.1 Å². The fraction of sp³-hybridized carbons (Fsp3) is 0.118. The topological polar surface area (TPSA) is 68.0 Å². The number of carbonyl (C=O) groups is 1. The predicted molar refractivity (Wildman–Crippen MR) is 95.9 cm³/mol. The molecule has 0 bridgehead atoms. The molecule has 8 heteroatoms. The fourth-order valence-corrected chi connectivity index (χ4v) is 2.89. The van der Waals surface area contributed by atoms with E-state index >= 15 is 0 Å². The third-order valence-electron chi connectivity index (χ3n) is 3.12. The van der Waals surface area contributed by atoms with Crippen molar-refractivity contribution in [2.24, 2.45) is 0 Å². The smallest absolute Gasteiger partial charge is 0.236 e. The Morgan fingerprint density at radius 2 is 2.08 bits per heavy atom. The maximum absolute atomic E-state index is 13.2. The number of thioether (sulfide) groups is 1. The van der Waals surface area contributed by atoms with Gasteiger partial charge >= 0.3 is 0 Å². The summed E-state index contributed by atoms with van der Waals surface area (Å²) in [6.45, 7) is 0. The average molecular weight is 378 g/mol. The van der Waals surface area contributed by atoms with Crippen LogP contribution in [0, 0.1) is 5.82 Å². The molecule has 1 aromatic heterocycles. The number of benzene rings is 2. The van der Waals surface area contributed by atoms with Crippen LogP contribution >= 0.6 is 23.4 Å². The number of hydrogen-bond donors (Lipinski definition) is 1. The molecule has 0 atom stereocenters. The quantitative estimate of drug-likeness (QED) is 0.689. The molecule has 2 aromatic carbocycles. The molecule has 3 aromatic rings. The third kappa shape index (κ3) is 5.04. The van der Waals surface area contributed by atoms with Gasteiger partial charge in [-0.2, -0.15) is 4.98 Å². The molecule has 3 rings (SSSR count). The molecule has 0 unspecified atom stereocenters. The van der Waals surface area contributed by atoms with Crippen molar-refractivity contribution in [3.05, 3.63) is 65.3 Å². The molecule has 0 radical (unpaired) electrons. The molecule has 1 amide bonds. The molecule has 5 nitrogen and oxygen atoms in total. The Labute approximate surface area is 152 Å². The largest absolute Gasteiger partial charge is 0.338 e. The van der Waals surface area contributed by atoms with Gasteiger partial charge in [-0.05, 0) is 30.3 Å². The molecule has 0 spiro atoms. The highest BCUT2D eigenvalue weighted by atomic mass is 35.5. The van der Waals surface area contributed by atoms with E-state index in [1.54, 1.807) is 36.4 Å². The van der Waals surface area contributed by atoms with Crippen molar-refractivity contribution in [2.75, 3.05) is 11.1 Å². The summed E-state index contributed by atoms with van der Waals surface area (Å²) in [7, 11) is 0. The van der Waals surface area contributed by atoms with Crippen molar-refractivity contribution in [3.8, 4) is 11.4 Å². The number of halogens is 2. The van der Waals surface area contributed by atoms with Crippen molar-refractivity contribution in [1.29, 1.82) is 0 Å². The standard InChI is InChI=1S/C17H13ClFN3O2S/c18-12-4-2-6-14(8-12)20-15(23)9-25-10-16-21-17(22-24-16)11-3-1-5-13(19)7-11/h1-8H,9-10H2,(H,20,23). The Morgan fingerprint density at radius 3 is 2.88 bits per heavy atom. The van der Waals surface area contributed by atoms with Crippen LogP contribution in [-0.4, -0.2) is 21.8 Å². The Hall–Kier alpha value is -2.38. The molecule has 0 saturated carbocycles. The molecule has 25 heavy (non-hydrogen) atoms. The maximum Gasteiger partial charge on any atom is 0.236 e. The maximum atomic E-state index is 13.2. The molecular formula is C17H13ClFN3O2S. The number of amides is 1. The van der Waals surface area contributed by atoms with Crippen LogP contribution < -0.4 is 5.32 Å². The number of nitrogens with zero attached hydrogens (tertiary/aromatic N) is 2. The SMILES string of the molecule is O=C(CSCc1nc(-c2cccc(F)c2)no1)Nc1cccc(Cl)c1. The monoisotopic (exact) mass is 377 g/mol. The van der Waals surface area contributed by atoms with Crippen LogP contribution in [0.4, 0.5) is 10.1 Å². The second kappa shape index (κ2) is 8.13. The molecule has 1 heterocycles. The molecule has 0 aliphatic carbocycles. The van der Waals surface area contributed by atoms with E-state index in [-0.39, 0.29) is 17.5 Å². The van der Waals surface area contributed by atoms with E-state index in [2.05, 4.69) is 15.5 Å². The lowest BCUT2D eigenvalue weighted by atomic mass is 10.2. The zero-order valence-corrected chi connectivity index (χ0v) is 14.5. The summed E-state index contributed by atoms with van der Waals surface area (Å²) >= 11 is 7.20. The minimum Gasteiger partial charge on any atom is -0.338 e. The number of carbonyl (C=O) groups excluding carboxylic acids is 1. The summed E-state index contributed by atoms with van der Waals surface area (Å²) in [6.07, 6.45) is 0. The van der Waals surface area contributed by atoms with Gasteiger partial charge in [-0.15, -0.1) is 11.8 Å². The van der Waals surface area contributed by atoms with Gasteiger partial charge in [0.1, 0.15) is 5.82 Å². The van der Waals surface area contributed by atoms with Gasteiger partial charge in [0.15, 0.2) is 0 Å². The zero-order chi connectivity index (χ0) is 17.6. The predicted octanol–water partition coefficient (Wildman–Crippen LogP) is 4.40. The summed E-state index contributed by atoms with van der Waals surface area (Å²) in [5.74, 6) is 0.779. The van der Waals surface area contributed by atoms with Crippen LogP contribution in [0.2, 0.25) is 5.02 Å². The number of anilines is 1. The minimum absolute atomic E-state index is 0.155. The van der Waals surface area contributed by atoms with E-state index in [9.17, 15) is 9.18 Å². The molecule has 1 N–H and O–H groups in total. The van der Waals surface area contributed by atoms with Crippen LogP contribution in [0.15, 0.2) is 53.1 Å². The van der Waals surface area contributed by atoms with E-state index in [0.29, 0.717) is 33.7 Å². The second-order valence-electron chi connectivity index (χ2n) is 5.07. The van der Waals surface area contributed by atoms with Gasteiger partial charge < -0.3 is 9.84 Å². The summed E-state index contributed by atoms with van der Waals surface area (Å²) in [6, 6.07) is 12.9. The first-order valence-corrected chi connectivity index (χ1v) is 8.85. The van der Waals surface area contributed by atoms with Gasteiger partial charge in [-0.1, -0.05) is 35.0 Å². The molecule has 0 aliphatic heterocycles. The summed E-state index contributed by atoms with van der Waals surface area (Å²) in [4.78, 5) is 16.1. The van der Waals surface area contributed by atoms with Crippen molar-refractivity contribution >= 4 is 35.0 Å². The van der Waals surface area contributed by atoms with Crippen LogP contribution in [0.5, 0.6) is 0 Å². The van der Waals surface area contributed by atoms with Gasteiger partial charge in [0.25, 0.3) is 0 Å². The third-order valence-corrected chi connectivity index (χ3v) is 4.27. The van der Waals surface area contributed by atoms with Crippen molar-refractivity contribution in [3.63, 3.8) is 0 Å². The van der Waals surface area contributed by atoms with E-state index < -0.39 is 0 Å². The lowest BCUT2D eigenvalue weighted by molar-refractivity contribution is -0.113. The van der Waals surface area contributed by atoms with Crippen LogP contribution in [-0.2, 0) is 10.5 Å². The first-order valence-electron chi connectivity index (χ1n) is 7.32. The van der Waals surface area contributed by atoms with Gasteiger partial charge in [-0.25, -0.2) is 4.39 Å². The lowest BCUT2D eigenvalue weighted by Gasteiger charge is -2.04.